The average molecular weight is 217 g/mol. The molecule has 2 N–H and O–H groups in total. The molecule has 0 radical (unpaired) electrons. The fourth-order valence-corrected chi connectivity index (χ4v) is 2.27. The third kappa shape index (κ3) is 2.55. The minimum atomic E-state index is -3.43. The molecule has 1 heterocycles. The highest BCUT2D eigenvalue weighted by Gasteiger charge is 2.24. The summed E-state index contributed by atoms with van der Waals surface area (Å²) < 4.78 is 26.0. The molecule has 1 aromatic heterocycles. The Bertz CT molecular complexity index is 381. The van der Waals surface area contributed by atoms with Crippen molar-refractivity contribution in [1.29, 1.82) is 0 Å². The van der Waals surface area contributed by atoms with Crippen molar-refractivity contribution in [3.05, 3.63) is 12.4 Å². The van der Waals surface area contributed by atoms with Gasteiger partial charge in [0.05, 0.1) is 6.20 Å². The molecule has 0 saturated heterocycles. The Morgan fingerprint density at radius 2 is 2.21 bits per heavy atom. The third-order valence-corrected chi connectivity index (χ3v) is 3.74. The standard InChI is InChI=1S/C8H15N3O2S/c1-4-8(2,3)11-14(12,13)7-5-9-10-6-7/h5-6,11H,4H2,1-3H3,(H,9,10). The van der Waals surface area contributed by atoms with Gasteiger partial charge in [0.25, 0.3) is 0 Å². The predicted octanol–water partition coefficient (Wildman–Crippen LogP) is 0.877. The number of nitrogens with one attached hydrogen (secondary N) is 2. The van der Waals surface area contributed by atoms with Crippen LogP contribution in [0, 0.1) is 0 Å². The summed E-state index contributed by atoms with van der Waals surface area (Å²) in [6.07, 6.45) is 3.37. The van der Waals surface area contributed by atoms with Crippen molar-refractivity contribution in [3.8, 4) is 0 Å². The van der Waals surface area contributed by atoms with Gasteiger partial charge in [0.1, 0.15) is 4.90 Å². The van der Waals surface area contributed by atoms with E-state index in [1.807, 2.05) is 20.8 Å². The summed E-state index contributed by atoms with van der Waals surface area (Å²) >= 11 is 0. The van der Waals surface area contributed by atoms with Gasteiger partial charge in [-0.15, -0.1) is 0 Å². The van der Waals surface area contributed by atoms with Gasteiger partial charge in [-0.3, -0.25) is 5.10 Å². The van der Waals surface area contributed by atoms with E-state index in [0.29, 0.717) is 0 Å². The van der Waals surface area contributed by atoms with E-state index in [2.05, 4.69) is 14.9 Å². The van der Waals surface area contributed by atoms with Crippen LogP contribution in [0.25, 0.3) is 0 Å². The van der Waals surface area contributed by atoms with Crippen LogP contribution in [0.2, 0.25) is 0 Å². The average Bonchev–Trinajstić information content (AvgIpc) is 2.54. The molecule has 0 atom stereocenters. The minimum Gasteiger partial charge on any atom is -0.284 e. The van der Waals surface area contributed by atoms with Gasteiger partial charge >= 0.3 is 0 Å². The van der Waals surface area contributed by atoms with Gasteiger partial charge < -0.3 is 0 Å². The van der Waals surface area contributed by atoms with Gasteiger partial charge in [0, 0.05) is 11.7 Å². The van der Waals surface area contributed by atoms with Gasteiger partial charge in [-0.2, -0.15) is 5.10 Å². The number of aromatic nitrogens is 2. The normalized spacial score (nSPS) is 13.1. The second-order valence-electron chi connectivity index (χ2n) is 3.78. The van der Waals surface area contributed by atoms with E-state index in [0.717, 1.165) is 6.42 Å². The van der Waals surface area contributed by atoms with Crippen molar-refractivity contribution in [2.75, 3.05) is 0 Å². The lowest BCUT2D eigenvalue weighted by Crippen LogP contribution is -2.42. The molecule has 0 unspecified atom stereocenters. The fraction of sp³-hybridized carbons (Fsp3) is 0.625. The predicted molar refractivity (Wildman–Crippen MR) is 53.3 cm³/mol. The van der Waals surface area contributed by atoms with Crippen LogP contribution in [-0.4, -0.2) is 24.2 Å². The minimum absolute atomic E-state index is 0.166. The van der Waals surface area contributed by atoms with E-state index >= 15 is 0 Å². The number of H-pyrrole nitrogens is 1. The van der Waals surface area contributed by atoms with Crippen LogP contribution < -0.4 is 4.72 Å². The van der Waals surface area contributed by atoms with Gasteiger partial charge in [0.15, 0.2) is 0 Å². The Morgan fingerprint density at radius 1 is 1.57 bits per heavy atom. The van der Waals surface area contributed by atoms with Crippen LogP contribution >= 0.6 is 0 Å². The number of hydrogen-bond donors (Lipinski definition) is 2. The van der Waals surface area contributed by atoms with Crippen molar-refractivity contribution in [2.45, 2.75) is 37.6 Å². The molecule has 0 fully saturated rings. The molecule has 0 aliphatic rings. The summed E-state index contributed by atoms with van der Waals surface area (Å²) in [5, 5.41) is 6.07. The molecule has 5 nitrogen and oxygen atoms in total. The molecule has 80 valence electrons. The van der Waals surface area contributed by atoms with Crippen LogP contribution in [-0.2, 0) is 10.0 Å². The maximum Gasteiger partial charge on any atom is 0.244 e. The van der Waals surface area contributed by atoms with Crippen molar-refractivity contribution in [3.63, 3.8) is 0 Å². The van der Waals surface area contributed by atoms with E-state index in [9.17, 15) is 8.42 Å². The molecular formula is C8H15N3O2S. The molecule has 0 saturated carbocycles. The lowest BCUT2D eigenvalue weighted by Gasteiger charge is -2.23. The van der Waals surface area contributed by atoms with E-state index < -0.39 is 15.6 Å². The Labute approximate surface area is 84.0 Å². The summed E-state index contributed by atoms with van der Waals surface area (Å²) in [4.78, 5) is 0.166. The highest BCUT2D eigenvalue weighted by atomic mass is 32.2. The lowest BCUT2D eigenvalue weighted by atomic mass is 10.0. The Hall–Kier alpha value is -0.880. The maximum atomic E-state index is 11.7. The fourth-order valence-electron chi connectivity index (χ4n) is 0.881. The zero-order chi connectivity index (χ0) is 10.8. The third-order valence-electron chi connectivity index (χ3n) is 2.08. The molecule has 0 bridgehead atoms. The van der Waals surface area contributed by atoms with Gasteiger partial charge in [-0.25, -0.2) is 13.1 Å². The summed E-state index contributed by atoms with van der Waals surface area (Å²) in [5.74, 6) is 0. The highest BCUT2D eigenvalue weighted by Crippen LogP contribution is 2.13. The molecule has 1 rings (SSSR count). The summed E-state index contributed by atoms with van der Waals surface area (Å²) in [5.41, 5.74) is -0.434. The molecular weight excluding hydrogens is 202 g/mol. The van der Waals surface area contributed by atoms with Crippen LogP contribution in [0.4, 0.5) is 0 Å². The van der Waals surface area contributed by atoms with Crippen LogP contribution in [0.1, 0.15) is 27.2 Å². The zero-order valence-corrected chi connectivity index (χ0v) is 9.35. The van der Waals surface area contributed by atoms with Crippen LogP contribution in [0.3, 0.4) is 0 Å². The molecule has 0 aliphatic carbocycles. The zero-order valence-electron chi connectivity index (χ0n) is 8.53. The first-order valence-electron chi connectivity index (χ1n) is 4.40. The largest absolute Gasteiger partial charge is 0.284 e. The van der Waals surface area contributed by atoms with E-state index in [-0.39, 0.29) is 4.90 Å². The summed E-state index contributed by atoms with van der Waals surface area (Å²) in [6.45, 7) is 5.60. The van der Waals surface area contributed by atoms with Crippen molar-refractivity contribution in [1.82, 2.24) is 14.9 Å². The second-order valence-corrected chi connectivity index (χ2v) is 5.46. The SMILES string of the molecule is CCC(C)(C)NS(=O)(=O)c1cn[nH]c1. The van der Waals surface area contributed by atoms with Crippen molar-refractivity contribution in [2.24, 2.45) is 0 Å². The molecule has 0 aliphatic heterocycles. The highest BCUT2D eigenvalue weighted by molar-refractivity contribution is 7.89. The van der Waals surface area contributed by atoms with E-state index in [4.69, 9.17) is 0 Å². The molecule has 14 heavy (non-hydrogen) atoms. The first-order chi connectivity index (χ1) is 6.37. The lowest BCUT2D eigenvalue weighted by molar-refractivity contribution is 0.439. The van der Waals surface area contributed by atoms with E-state index in [1.165, 1.54) is 12.4 Å². The molecule has 6 heteroatoms. The summed E-state index contributed by atoms with van der Waals surface area (Å²) in [6, 6.07) is 0. The van der Waals surface area contributed by atoms with Gasteiger partial charge in [-0.05, 0) is 20.3 Å². The van der Waals surface area contributed by atoms with Crippen molar-refractivity contribution < 1.29 is 8.42 Å². The maximum absolute atomic E-state index is 11.7. The molecule has 1 aromatic rings. The number of aromatic amines is 1. The first-order valence-corrected chi connectivity index (χ1v) is 5.88. The smallest absolute Gasteiger partial charge is 0.244 e. The Morgan fingerprint density at radius 3 is 2.64 bits per heavy atom. The number of nitrogens with zero attached hydrogens (tertiary/aromatic N) is 1. The Balaban J connectivity index is 2.89. The quantitative estimate of drug-likeness (QED) is 0.786. The van der Waals surface area contributed by atoms with E-state index in [1.54, 1.807) is 0 Å². The monoisotopic (exact) mass is 217 g/mol. The molecule has 0 aromatic carbocycles. The number of rotatable bonds is 4. The summed E-state index contributed by atoms with van der Waals surface area (Å²) in [7, 11) is -3.43. The van der Waals surface area contributed by atoms with Crippen LogP contribution in [0.15, 0.2) is 17.3 Å². The second kappa shape index (κ2) is 3.70. The van der Waals surface area contributed by atoms with Gasteiger partial charge in [-0.1, -0.05) is 6.92 Å². The van der Waals surface area contributed by atoms with Crippen LogP contribution in [0.5, 0.6) is 0 Å². The Kier molecular flexibility index (Phi) is 2.96. The van der Waals surface area contributed by atoms with Gasteiger partial charge in [0.2, 0.25) is 10.0 Å². The number of sulfonamides is 1. The molecule has 0 amide bonds. The van der Waals surface area contributed by atoms with Crippen molar-refractivity contribution >= 4 is 10.0 Å². The first kappa shape index (κ1) is 11.2. The number of hydrogen-bond acceptors (Lipinski definition) is 3. The molecule has 0 spiro atoms. The topological polar surface area (TPSA) is 74.8 Å².